The van der Waals surface area contributed by atoms with Crippen molar-refractivity contribution in [3.63, 3.8) is 0 Å². The van der Waals surface area contributed by atoms with Gasteiger partial charge in [0.15, 0.2) is 0 Å². The van der Waals surface area contributed by atoms with E-state index < -0.39 is 0 Å². The lowest BCUT2D eigenvalue weighted by Gasteiger charge is -2.33. The second-order valence-corrected chi connectivity index (χ2v) is 14.6. The number of aliphatic hydroxyl groups is 2. The molecule has 0 radical (unpaired) electrons. The Hall–Kier alpha value is -0.0800. The zero-order valence-electron chi connectivity index (χ0n) is 30.3. The lowest BCUT2D eigenvalue weighted by Crippen LogP contribution is -2.24. The zero-order valence-corrected chi connectivity index (χ0v) is 30.3. The molecule has 0 aromatic rings. The first-order chi connectivity index (χ1) is 21.2. The van der Waals surface area contributed by atoms with Gasteiger partial charge in [0.1, 0.15) is 0 Å². The average Bonchev–Trinajstić information content (AvgIpc) is 3.01. The summed E-state index contributed by atoms with van der Waals surface area (Å²) in [6.07, 6.45) is 49.3. The monoisotopic (exact) mass is 609 g/mol. The molecule has 0 aliphatic rings. The fraction of sp³-hybridized carbons (Fsp3) is 1.00. The van der Waals surface area contributed by atoms with E-state index >= 15 is 0 Å². The van der Waals surface area contributed by atoms with E-state index in [0.29, 0.717) is 0 Å². The second kappa shape index (κ2) is 36.4. The van der Waals surface area contributed by atoms with Crippen LogP contribution in [0, 0.1) is 5.41 Å². The quantitative estimate of drug-likeness (QED) is 0.0684. The molecule has 2 N–H and O–H groups in total. The third-order valence-corrected chi connectivity index (χ3v) is 10.4. The maximum absolute atomic E-state index is 9.82. The van der Waals surface area contributed by atoms with Crippen molar-refractivity contribution in [2.75, 3.05) is 13.2 Å². The van der Waals surface area contributed by atoms with Gasteiger partial charge in [-0.25, -0.2) is 0 Å². The Morgan fingerprint density at radius 1 is 0.256 bits per heavy atom. The van der Waals surface area contributed by atoms with Crippen LogP contribution in [0.4, 0.5) is 0 Å². The van der Waals surface area contributed by atoms with Crippen LogP contribution in [0.15, 0.2) is 0 Å². The molecule has 260 valence electrons. The van der Waals surface area contributed by atoms with Gasteiger partial charge in [-0.1, -0.05) is 219 Å². The van der Waals surface area contributed by atoms with Crippen molar-refractivity contribution in [1.82, 2.24) is 0 Å². The van der Waals surface area contributed by atoms with Crippen LogP contribution < -0.4 is 0 Å². The zero-order chi connectivity index (χ0) is 31.4. The summed E-state index contributed by atoms with van der Waals surface area (Å²) in [5, 5.41) is 19.6. The molecule has 0 spiro atoms. The van der Waals surface area contributed by atoms with Crippen molar-refractivity contribution in [2.24, 2.45) is 5.41 Å². The highest BCUT2D eigenvalue weighted by Gasteiger charge is 2.28. The maximum Gasteiger partial charge on any atom is 0.0436 e. The molecule has 0 bridgehead atoms. The van der Waals surface area contributed by atoms with Crippen LogP contribution in [0.3, 0.4) is 0 Å². The Bertz CT molecular complexity index is 446. The van der Waals surface area contributed by atoms with Crippen LogP contribution in [-0.2, 0) is 0 Å². The Labute approximate surface area is 273 Å². The molecule has 0 saturated carbocycles. The summed E-state index contributed by atoms with van der Waals surface area (Å²) >= 11 is 0. The molecular formula is C41H84O2. The fourth-order valence-corrected chi connectivity index (χ4v) is 7.32. The summed E-state index contributed by atoms with van der Waals surface area (Å²) < 4.78 is 0. The van der Waals surface area contributed by atoms with E-state index in [-0.39, 0.29) is 18.6 Å². The van der Waals surface area contributed by atoms with Gasteiger partial charge in [0.05, 0.1) is 0 Å². The van der Waals surface area contributed by atoms with Gasteiger partial charge < -0.3 is 10.2 Å². The van der Waals surface area contributed by atoms with Crippen LogP contribution in [0.25, 0.3) is 0 Å². The van der Waals surface area contributed by atoms with Crippen molar-refractivity contribution in [1.29, 1.82) is 0 Å². The molecule has 0 atom stereocenters. The lowest BCUT2D eigenvalue weighted by molar-refractivity contribution is 0.108. The molecule has 0 aliphatic carbocycles. The highest BCUT2D eigenvalue weighted by atomic mass is 16.3. The highest BCUT2D eigenvalue weighted by Crippen LogP contribution is 2.38. The van der Waals surface area contributed by atoms with E-state index in [0.717, 1.165) is 12.8 Å². The van der Waals surface area contributed by atoms with Crippen LogP contribution in [0.5, 0.6) is 0 Å². The maximum atomic E-state index is 9.82. The first-order valence-corrected chi connectivity index (χ1v) is 20.5. The largest absolute Gasteiger partial charge is 0.396 e. The first kappa shape index (κ1) is 42.9. The van der Waals surface area contributed by atoms with E-state index in [1.807, 2.05) is 0 Å². The van der Waals surface area contributed by atoms with Gasteiger partial charge in [0, 0.05) is 13.2 Å². The van der Waals surface area contributed by atoms with Crippen molar-refractivity contribution < 1.29 is 10.2 Å². The number of hydrogen-bond acceptors (Lipinski definition) is 2. The SMILES string of the molecule is CCCCCCCCCCCCCCCCCCC(CCO)(CCO)CCCCCCCCCCCCCCCCCC. The predicted molar refractivity (Wildman–Crippen MR) is 194 cm³/mol. The van der Waals surface area contributed by atoms with Crippen molar-refractivity contribution in [3.8, 4) is 0 Å². The second-order valence-electron chi connectivity index (χ2n) is 14.6. The number of unbranched alkanes of at least 4 members (excludes halogenated alkanes) is 30. The minimum absolute atomic E-state index is 0.176. The predicted octanol–water partition coefficient (Wildman–Crippen LogP) is 14.0. The summed E-state index contributed by atoms with van der Waals surface area (Å²) in [5.41, 5.74) is 0.176. The normalized spacial score (nSPS) is 12.0. The summed E-state index contributed by atoms with van der Waals surface area (Å²) in [6.45, 7) is 5.15. The van der Waals surface area contributed by atoms with Crippen LogP contribution in [0.2, 0.25) is 0 Å². The molecule has 2 heteroatoms. The molecule has 43 heavy (non-hydrogen) atoms. The van der Waals surface area contributed by atoms with Gasteiger partial charge >= 0.3 is 0 Å². The molecule has 0 unspecified atom stereocenters. The number of hydrogen-bond donors (Lipinski definition) is 2. The minimum atomic E-state index is 0.176. The Morgan fingerprint density at radius 3 is 0.628 bits per heavy atom. The van der Waals surface area contributed by atoms with Gasteiger partial charge in [-0.2, -0.15) is 0 Å². The standard InChI is InChI=1S/C41H84O2/c1-3-5-7-9-11-13-15-17-19-21-23-25-27-29-31-33-35-41(37-39-42,38-40-43)36-34-32-30-28-26-24-22-20-18-16-14-12-10-8-6-4-2/h42-43H,3-40H2,1-2H3. The van der Waals surface area contributed by atoms with Crippen molar-refractivity contribution in [3.05, 3.63) is 0 Å². The van der Waals surface area contributed by atoms with E-state index in [2.05, 4.69) is 13.8 Å². The summed E-state index contributed by atoms with van der Waals surface area (Å²) in [6, 6.07) is 0. The Morgan fingerprint density at radius 2 is 0.442 bits per heavy atom. The summed E-state index contributed by atoms with van der Waals surface area (Å²) in [4.78, 5) is 0. The first-order valence-electron chi connectivity index (χ1n) is 20.5. The molecule has 0 fully saturated rings. The van der Waals surface area contributed by atoms with Gasteiger partial charge in [0.2, 0.25) is 0 Å². The van der Waals surface area contributed by atoms with E-state index in [9.17, 15) is 10.2 Å². The molecule has 0 saturated heterocycles. The van der Waals surface area contributed by atoms with E-state index in [1.54, 1.807) is 0 Å². The minimum Gasteiger partial charge on any atom is -0.396 e. The van der Waals surface area contributed by atoms with Gasteiger partial charge in [-0.3, -0.25) is 0 Å². The highest BCUT2D eigenvalue weighted by molar-refractivity contribution is 4.79. The Balaban J connectivity index is 3.72. The fourth-order valence-electron chi connectivity index (χ4n) is 7.32. The van der Waals surface area contributed by atoms with E-state index in [1.165, 1.54) is 218 Å². The molecule has 0 aromatic carbocycles. The summed E-state index contributed by atoms with van der Waals surface area (Å²) in [5.74, 6) is 0. The molecule has 0 aliphatic heterocycles. The Kier molecular flexibility index (Phi) is 36.3. The third kappa shape index (κ3) is 31.7. The third-order valence-electron chi connectivity index (χ3n) is 10.4. The smallest absolute Gasteiger partial charge is 0.0436 e. The van der Waals surface area contributed by atoms with Gasteiger partial charge in [0.25, 0.3) is 0 Å². The number of aliphatic hydroxyl groups excluding tert-OH is 2. The average molecular weight is 609 g/mol. The molecule has 0 heterocycles. The summed E-state index contributed by atoms with van der Waals surface area (Å²) in [7, 11) is 0. The topological polar surface area (TPSA) is 40.5 Å². The molecular weight excluding hydrogens is 524 g/mol. The molecule has 0 amide bonds. The lowest BCUT2D eigenvalue weighted by atomic mass is 9.73. The molecule has 0 aromatic heterocycles. The van der Waals surface area contributed by atoms with Gasteiger partial charge in [-0.05, 0) is 31.1 Å². The van der Waals surface area contributed by atoms with Crippen LogP contribution in [-0.4, -0.2) is 23.4 Å². The van der Waals surface area contributed by atoms with Crippen LogP contribution >= 0.6 is 0 Å². The van der Waals surface area contributed by atoms with Crippen LogP contribution in [0.1, 0.15) is 245 Å². The van der Waals surface area contributed by atoms with Crippen molar-refractivity contribution in [2.45, 2.75) is 245 Å². The number of rotatable bonds is 38. The van der Waals surface area contributed by atoms with Gasteiger partial charge in [-0.15, -0.1) is 0 Å². The molecule has 2 nitrogen and oxygen atoms in total. The van der Waals surface area contributed by atoms with E-state index in [4.69, 9.17) is 0 Å². The molecule has 0 rings (SSSR count). The van der Waals surface area contributed by atoms with Crippen molar-refractivity contribution >= 4 is 0 Å².